The van der Waals surface area contributed by atoms with Gasteiger partial charge in [0.2, 0.25) is 0 Å². The van der Waals surface area contributed by atoms with Crippen molar-refractivity contribution in [1.82, 2.24) is 0 Å². The molecule has 0 saturated heterocycles. The predicted octanol–water partition coefficient (Wildman–Crippen LogP) is 1.92. The summed E-state index contributed by atoms with van der Waals surface area (Å²) in [4.78, 5) is 4.23. The molecule has 0 saturated carbocycles. The summed E-state index contributed by atoms with van der Waals surface area (Å²) in [5.41, 5.74) is 1.95. The standard InChI is InChI=1S/C5H8BrNS/c6-2-1-5-3-8-4-7-5/h4-5H,1-3H2. The predicted molar refractivity (Wildman–Crippen MR) is 43.1 cm³/mol. The van der Waals surface area contributed by atoms with Gasteiger partial charge in [-0.3, -0.25) is 4.99 Å². The van der Waals surface area contributed by atoms with E-state index in [1.807, 2.05) is 17.3 Å². The van der Waals surface area contributed by atoms with Crippen LogP contribution in [0.2, 0.25) is 0 Å². The number of aliphatic imine (C=N–C) groups is 1. The topological polar surface area (TPSA) is 12.4 Å². The minimum absolute atomic E-state index is 0.597. The van der Waals surface area contributed by atoms with Crippen LogP contribution in [-0.2, 0) is 0 Å². The first-order valence-electron chi connectivity index (χ1n) is 2.62. The fourth-order valence-corrected chi connectivity index (χ4v) is 1.96. The van der Waals surface area contributed by atoms with E-state index in [2.05, 4.69) is 20.9 Å². The average Bonchev–Trinajstić information content (AvgIpc) is 2.19. The molecule has 1 rings (SSSR count). The first kappa shape index (κ1) is 6.62. The minimum Gasteiger partial charge on any atom is -0.282 e. The number of halogens is 1. The lowest BCUT2D eigenvalue weighted by Crippen LogP contribution is -2.02. The molecule has 0 aromatic heterocycles. The fourth-order valence-electron chi connectivity index (χ4n) is 0.610. The molecule has 1 atom stereocenters. The lowest BCUT2D eigenvalue weighted by Gasteiger charge is -1.99. The van der Waals surface area contributed by atoms with Crippen LogP contribution in [0.4, 0.5) is 0 Å². The average molecular weight is 194 g/mol. The first-order valence-corrected chi connectivity index (χ1v) is 4.79. The van der Waals surface area contributed by atoms with Crippen molar-refractivity contribution in [3.05, 3.63) is 0 Å². The number of thioether (sulfide) groups is 1. The van der Waals surface area contributed by atoms with Crippen molar-refractivity contribution in [3.63, 3.8) is 0 Å². The number of rotatable bonds is 2. The van der Waals surface area contributed by atoms with E-state index in [0.717, 1.165) is 5.33 Å². The van der Waals surface area contributed by atoms with Gasteiger partial charge in [-0.1, -0.05) is 15.9 Å². The molecule has 1 unspecified atom stereocenters. The molecule has 0 aromatic rings. The Morgan fingerprint density at radius 3 is 3.25 bits per heavy atom. The van der Waals surface area contributed by atoms with Crippen molar-refractivity contribution >= 4 is 33.2 Å². The summed E-state index contributed by atoms with van der Waals surface area (Å²) in [6.45, 7) is 0. The first-order chi connectivity index (χ1) is 3.93. The van der Waals surface area contributed by atoms with Gasteiger partial charge in [0, 0.05) is 11.1 Å². The van der Waals surface area contributed by atoms with Gasteiger partial charge in [-0.15, -0.1) is 11.8 Å². The molecule has 0 radical (unpaired) electrons. The van der Waals surface area contributed by atoms with Gasteiger partial charge in [-0.05, 0) is 6.42 Å². The second kappa shape index (κ2) is 3.51. The van der Waals surface area contributed by atoms with E-state index in [1.165, 1.54) is 12.2 Å². The van der Waals surface area contributed by atoms with E-state index >= 15 is 0 Å². The highest BCUT2D eigenvalue weighted by atomic mass is 79.9. The van der Waals surface area contributed by atoms with Gasteiger partial charge in [0.25, 0.3) is 0 Å². The maximum absolute atomic E-state index is 4.23. The van der Waals surface area contributed by atoms with Gasteiger partial charge >= 0.3 is 0 Å². The normalized spacial score (nSPS) is 26.9. The van der Waals surface area contributed by atoms with Gasteiger partial charge < -0.3 is 0 Å². The smallest absolute Gasteiger partial charge is 0.0607 e. The van der Waals surface area contributed by atoms with Crippen molar-refractivity contribution in [2.45, 2.75) is 12.5 Å². The van der Waals surface area contributed by atoms with Crippen LogP contribution < -0.4 is 0 Å². The monoisotopic (exact) mass is 193 g/mol. The van der Waals surface area contributed by atoms with E-state index in [0.29, 0.717) is 6.04 Å². The molecule has 0 fully saturated rings. The Balaban J connectivity index is 2.16. The van der Waals surface area contributed by atoms with Crippen LogP contribution in [0.3, 0.4) is 0 Å². The highest BCUT2D eigenvalue weighted by Crippen LogP contribution is 2.14. The van der Waals surface area contributed by atoms with Crippen molar-refractivity contribution < 1.29 is 0 Å². The molecule has 1 heterocycles. The van der Waals surface area contributed by atoms with Gasteiger partial charge in [0.05, 0.1) is 11.6 Å². The molecule has 1 nitrogen and oxygen atoms in total. The zero-order valence-electron chi connectivity index (χ0n) is 4.51. The number of hydrogen-bond donors (Lipinski definition) is 0. The Labute approximate surface area is 62.1 Å². The highest BCUT2D eigenvalue weighted by molar-refractivity contribution is 9.09. The van der Waals surface area contributed by atoms with E-state index < -0.39 is 0 Å². The van der Waals surface area contributed by atoms with Crippen molar-refractivity contribution in [2.24, 2.45) is 4.99 Å². The summed E-state index contributed by atoms with van der Waals surface area (Å²) in [7, 11) is 0. The molecule has 8 heavy (non-hydrogen) atoms. The number of nitrogens with zero attached hydrogens (tertiary/aromatic N) is 1. The van der Waals surface area contributed by atoms with E-state index in [9.17, 15) is 0 Å². The molecule has 0 aromatic carbocycles. The summed E-state index contributed by atoms with van der Waals surface area (Å²) in [5.74, 6) is 1.19. The van der Waals surface area contributed by atoms with Gasteiger partial charge in [0.1, 0.15) is 0 Å². The maximum Gasteiger partial charge on any atom is 0.0607 e. The summed E-state index contributed by atoms with van der Waals surface area (Å²) in [5, 5.41) is 1.08. The Bertz CT molecular complexity index is 94.4. The highest BCUT2D eigenvalue weighted by Gasteiger charge is 2.08. The maximum atomic E-state index is 4.23. The van der Waals surface area contributed by atoms with Crippen LogP contribution in [0.15, 0.2) is 4.99 Å². The van der Waals surface area contributed by atoms with Crippen LogP contribution in [-0.4, -0.2) is 22.7 Å². The fraction of sp³-hybridized carbons (Fsp3) is 0.800. The summed E-state index contributed by atoms with van der Waals surface area (Å²) in [6.07, 6.45) is 1.18. The minimum atomic E-state index is 0.597. The van der Waals surface area contributed by atoms with Gasteiger partial charge in [0.15, 0.2) is 0 Å². The SMILES string of the molecule is BrCCC1CSC=N1. The second-order valence-electron chi connectivity index (χ2n) is 1.72. The van der Waals surface area contributed by atoms with Crippen LogP contribution in [0, 0.1) is 0 Å². The molecule has 0 N–H and O–H groups in total. The third-order valence-corrected chi connectivity index (χ3v) is 2.38. The Hall–Kier alpha value is 0.500. The summed E-state index contributed by atoms with van der Waals surface area (Å²) in [6, 6.07) is 0.597. The third-order valence-electron chi connectivity index (χ3n) is 1.08. The molecular formula is C5H8BrNS. The number of hydrogen-bond acceptors (Lipinski definition) is 2. The lowest BCUT2D eigenvalue weighted by atomic mass is 10.3. The molecule has 0 aliphatic carbocycles. The summed E-state index contributed by atoms with van der Waals surface area (Å²) >= 11 is 5.19. The summed E-state index contributed by atoms with van der Waals surface area (Å²) < 4.78 is 0. The zero-order chi connectivity index (χ0) is 5.82. The molecule has 0 bridgehead atoms. The van der Waals surface area contributed by atoms with Crippen LogP contribution in [0.1, 0.15) is 6.42 Å². The quantitative estimate of drug-likeness (QED) is 0.611. The molecule has 1 aliphatic rings. The van der Waals surface area contributed by atoms with Crippen LogP contribution in [0.25, 0.3) is 0 Å². The van der Waals surface area contributed by atoms with Gasteiger partial charge in [-0.25, -0.2) is 0 Å². The molecule has 3 heteroatoms. The van der Waals surface area contributed by atoms with E-state index in [4.69, 9.17) is 0 Å². The van der Waals surface area contributed by atoms with Crippen molar-refractivity contribution in [1.29, 1.82) is 0 Å². The zero-order valence-corrected chi connectivity index (χ0v) is 6.91. The Morgan fingerprint density at radius 1 is 1.88 bits per heavy atom. The Kier molecular flexibility index (Phi) is 2.90. The van der Waals surface area contributed by atoms with Crippen LogP contribution in [0.5, 0.6) is 0 Å². The molecule has 46 valence electrons. The Morgan fingerprint density at radius 2 is 2.75 bits per heavy atom. The molecule has 0 amide bonds. The molecule has 0 spiro atoms. The number of alkyl halides is 1. The third kappa shape index (κ3) is 1.78. The molecule has 1 aliphatic heterocycles. The lowest BCUT2D eigenvalue weighted by molar-refractivity contribution is 0.750. The van der Waals surface area contributed by atoms with E-state index in [1.54, 1.807) is 0 Å². The largest absolute Gasteiger partial charge is 0.282 e. The van der Waals surface area contributed by atoms with E-state index in [-0.39, 0.29) is 0 Å². The van der Waals surface area contributed by atoms with Crippen LogP contribution >= 0.6 is 27.7 Å². The second-order valence-corrected chi connectivity index (χ2v) is 3.39. The van der Waals surface area contributed by atoms with Crippen molar-refractivity contribution in [3.8, 4) is 0 Å². The van der Waals surface area contributed by atoms with Gasteiger partial charge in [-0.2, -0.15) is 0 Å². The van der Waals surface area contributed by atoms with Crippen molar-refractivity contribution in [2.75, 3.05) is 11.1 Å². The molecular weight excluding hydrogens is 186 g/mol.